The van der Waals surface area contributed by atoms with Crippen molar-refractivity contribution in [2.24, 2.45) is 0 Å². The highest BCUT2D eigenvalue weighted by atomic mass is 127. The van der Waals surface area contributed by atoms with Crippen molar-refractivity contribution in [3.63, 3.8) is 0 Å². The quantitative estimate of drug-likeness (QED) is 0.282. The van der Waals surface area contributed by atoms with E-state index >= 15 is 0 Å². The molecule has 0 bridgehead atoms. The molecule has 0 unspecified atom stereocenters. The lowest BCUT2D eigenvalue weighted by Gasteiger charge is -2.16. The van der Waals surface area contributed by atoms with Crippen molar-refractivity contribution in [2.45, 2.75) is 6.18 Å². The molecule has 0 spiro atoms. The summed E-state index contributed by atoms with van der Waals surface area (Å²) in [5, 5.41) is 9.22. The number of ether oxygens (including phenoxy) is 1. The first-order valence-corrected chi connectivity index (χ1v) is 8.54. The van der Waals surface area contributed by atoms with Crippen molar-refractivity contribution in [3.8, 4) is 6.07 Å². The number of nitriles is 1. The van der Waals surface area contributed by atoms with E-state index in [1.54, 1.807) is 48.5 Å². The van der Waals surface area contributed by atoms with Gasteiger partial charge in [-0.25, -0.2) is 0 Å². The molecule has 0 aliphatic carbocycles. The Hall–Kier alpha value is -1.53. The van der Waals surface area contributed by atoms with Gasteiger partial charge in [0, 0.05) is 15.6 Å². The average Bonchev–Trinajstić information content (AvgIpc) is 2.54. The zero-order valence-corrected chi connectivity index (χ0v) is 15.8. The molecular formula is C17H10BrF3INO. The van der Waals surface area contributed by atoms with E-state index in [2.05, 4.69) is 15.9 Å². The third kappa shape index (κ3) is 4.98. The van der Waals surface area contributed by atoms with Crippen LogP contribution in [0.25, 0.3) is 9.34 Å². The molecule has 0 amide bonds. The first-order valence-electron chi connectivity index (χ1n) is 6.66. The van der Waals surface area contributed by atoms with Gasteiger partial charge < -0.3 is 4.74 Å². The summed E-state index contributed by atoms with van der Waals surface area (Å²) in [6.07, 6.45) is -4.46. The van der Waals surface area contributed by atoms with Crippen molar-refractivity contribution in [1.29, 1.82) is 5.26 Å². The molecule has 0 aliphatic rings. The van der Waals surface area contributed by atoms with Crippen LogP contribution in [-0.4, -0.2) is 12.8 Å². The fourth-order valence-corrected chi connectivity index (χ4v) is 3.29. The predicted octanol–water partition coefficient (Wildman–Crippen LogP) is 6.16. The van der Waals surface area contributed by atoms with Crippen LogP contribution >= 0.6 is 38.5 Å². The maximum absolute atomic E-state index is 12.6. The summed E-state index contributed by atoms with van der Waals surface area (Å²) in [6, 6.07) is 15.5. The Balaban J connectivity index is 2.57. The van der Waals surface area contributed by atoms with E-state index in [4.69, 9.17) is 4.74 Å². The van der Waals surface area contributed by atoms with Crippen LogP contribution in [0.3, 0.4) is 0 Å². The Morgan fingerprint density at radius 3 is 2.50 bits per heavy atom. The van der Waals surface area contributed by atoms with Crippen molar-refractivity contribution < 1.29 is 17.9 Å². The van der Waals surface area contributed by atoms with Crippen molar-refractivity contribution in [1.82, 2.24) is 0 Å². The highest BCUT2D eigenvalue weighted by Gasteiger charge is 2.29. The van der Waals surface area contributed by atoms with E-state index < -0.39 is 12.8 Å². The van der Waals surface area contributed by atoms with Crippen LogP contribution < -0.4 is 0 Å². The molecule has 0 aliphatic heterocycles. The third-order valence-electron chi connectivity index (χ3n) is 2.95. The molecule has 0 radical (unpaired) electrons. The molecule has 2 nitrogen and oxygen atoms in total. The van der Waals surface area contributed by atoms with Gasteiger partial charge in [-0.05, 0) is 40.8 Å². The van der Waals surface area contributed by atoms with Crippen molar-refractivity contribution in [3.05, 3.63) is 69.7 Å². The van der Waals surface area contributed by atoms with Gasteiger partial charge >= 0.3 is 6.18 Å². The Bertz CT molecular complexity index is 812. The maximum Gasteiger partial charge on any atom is 0.422 e. The van der Waals surface area contributed by atoms with E-state index in [-0.39, 0.29) is 5.76 Å². The maximum atomic E-state index is 12.6. The smallest absolute Gasteiger partial charge is 0.422 e. The van der Waals surface area contributed by atoms with Gasteiger partial charge in [-0.15, -0.1) is 0 Å². The summed E-state index contributed by atoms with van der Waals surface area (Å²) in [7, 11) is 0. The lowest BCUT2D eigenvalue weighted by Crippen LogP contribution is -2.16. The summed E-state index contributed by atoms with van der Waals surface area (Å²) in [6.45, 7) is -1.41. The average molecular weight is 508 g/mol. The minimum Gasteiger partial charge on any atom is -0.482 e. The Morgan fingerprint density at radius 1 is 1.17 bits per heavy atom. The monoisotopic (exact) mass is 507 g/mol. The number of hydrogen-bond donors (Lipinski definition) is 0. The van der Waals surface area contributed by atoms with Gasteiger partial charge in [-0.3, -0.25) is 0 Å². The van der Waals surface area contributed by atoms with Gasteiger partial charge in [-0.1, -0.05) is 46.3 Å². The van der Waals surface area contributed by atoms with Gasteiger partial charge in [0.2, 0.25) is 0 Å². The lowest BCUT2D eigenvalue weighted by molar-refractivity contribution is -0.158. The fourth-order valence-electron chi connectivity index (χ4n) is 1.95. The van der Waals surface area contributed by atoms with Crippen LogP contribution in [0.4, 0.5) is 13.2 Å². The molecule has 2 rings (SSSR count). The van der Waals surface area contributed by atoms with Crippen LogP contribution in [0.5, 0.6) is 0 Å². The van der Waals surface area contributed by atoms with E-state index in [0.29, 0.717) is 24.7 Å². The summed E-state index contributed by atoms with van der Waals surface area (Å²) < 4.78 is 44.1. The molecule has 24 heavy (non-hydrogen) atoms. The Kier molecular flexibility index (Phi) is 6.29. The van der Waals surface area contributed by atoms with Gasteiger partial charge in [0.15, 0.2) is 6.61 Å². The molecule has 124 valence electrons. The first-order chi connectivity index (χ1) is 11.3. The van der Waals surface area contributed by atoms with E-state index in [0.717, 1.165) is 0 Å². The highest BCUT2D eigenvalue weighted by Crippen LogP contribution is 2.36. The highest BCUT2D eigenvalue weighted by molar-refractivity contribution is 14.1. The number of benzene rings is 2. The molecular weight excluding hydrogens is 498 g/mol. The summed E-state index contributed by atoms with van der Waals surface area (Å²) in [5.74, 6) is 0.0805. The van der Waals surface area contributed by atoms with E-state index in [1.807, 2.05) is 28.7 Å². The molecule has 0 saturated carbocycles. The standard InChI is InChI=1S/C17H10BrF3INO/c18-13-6-3-5-11(8-13)16(24-10-17(19,20)21)15(22)14-7-2-1-4-12(14)9-23/h1-8H,10H2/b16-15+. The molecule has 0 atom stereocenters. The second-order valence-electron chi connectivity index (χ2n) is 4.71. The second kappa shape index (κ2) is 8.03. The first kappa shape index (κ1) is 18.8. The van der Waals surface area contributed by atoms with Crippen LogP contribution in [0.15, 0.2) is 53.0 Å². The molecule has 0 fully saturated rings. The number of nitrogens with zero attached hydrogens (tertiary/aromatic N) is 1. The Morgan fingerprint density at radius 2 is 1.88 bits per heavy atom. The minimum absolute atomic E-state index is 0.0805. The molecule has 0 heterocycles. The lowest BCUT2D eigenvalue weighted by atomic mass is 10.1. The van der Waals surface area contributed by atoms with Gasteiger partial charge in [0.1, 0.15) is 5.76 Å². The summed E-state index contributed by atoms with van der Waals surface area (Å²) in [4.78, 5) is 0. The zero-order chi connectivity index (χ0) is 17.7. The van der Waals surface area contributed by atoms with Crippen LogP contribution in [0, 0.1) is 11.3 Å². The second-order valence-corrected chi connectivity index (χ2v) is 6.71. The minimum atomic E-state index is -4.46. The molecule has 7 heteroatoms. The van der Waals surface area contributed by atoms with Crippen molar-refractivity contribution in [2.75, 3.05) is 6.61 Å². The van der Waals surface area contributed by atoms with Crippen LogP contribution in [0.1, 0.15) is 16.7 Å². The zero-order valence-electron chi connectivity index (χ0n) is 12.1. The number of alkyl halides is 3. The van der Waals surface area contributed by atoms with Gasteiger partial charge in [0.05, 0.1) is 15.2 Å². The largest absolute Gasteiger partial charge is 0.482 e. The van der Waals surface area contributed by atoms with Crippen LogP contribution in [-0.2, 0) is 4.74 Å². The van der Waals surface area contributed by atoms with Crippen LogP contribution in [0.2, 0.25) is 0 Å². The molecule has 0 aromatic heterocycles. The van der Waals surface area contributed by atoms with Gasteiger partial charge in [0.25, 0.3) is 0 Å². The summed E-state index contributed by atoms with van der Waals surface area (Å²) >= 11 is 5.21. The van der Waals surface area contributed by atoms with Gasteiger partial charge in [-0.2, -0.15) is 18.4 Å². The molecule has 2 aromatic rings. The molecule has 0 saturated heterocycles. The predicted molar refractivity (Wildman–Crippen MR) is 98.1 cm³/mol. The SMILES string of the molecule is N#Cc1ccccc1/C(I)=C(\OCC(F)(F)F)c1cccc(Br)c1. The van der Waals surface area contributed by atoms with E-state index in [9.17, 15) is 18.4 Å². The normalized spacial score (nSPS) is 12.3. The van der Waals surface area contributed by atoms with E-state index in [1.165, 1.54) is 0 Å². The molecule has 0 N–H and O–H groups in total. The summed E-state index contributed by atoms with van der Waals surface area (Å²) in [5.41, 5.74) is 1.38. The van der Waals surface area contributed by atoms with Crippen molar-refractivity contribution >= 4 is 47.9 Å². The fraction of sp³-hybridized carbons (Fsp3) is 0.118. The third-order valence-corrected chi connectivity index (χ3v) is 4.51. The number of rotatable bonds is 4. The number of hydrogen-bond acceptors (Lipinski definition) is 2. The Labute approximate surface area is 159 Å². The number of halogens is 5. The molecule has 2 aromatic carbocycles. The topological polar surface area (TPSA) is 33.0 Å².